The van der Waals surface area contributed by atoms with Crippen molar-refractivity contribution >= 4 is 16.8 Å². The van der Waals surface area contributed by atoms with E-state index < -0.39 is 5.82 Å². The molecule has 0 unspecified atom stereocenters. The third-order valence-corrected chi connectivity index (χ3v) is 5.43. The van der Waals surface area contributed by atoms with E-state index in [2.05, 4.69) is 22.2 Å². The van der Waals surface area contributed by atoms with Crippen molar-refractivity contribution in [3.8, 4) is 11.3 Å². The van der Waals surface area contributed by atoms with Crippen LogP contribution in [0.5, 0.6) is 0 Å². The molecule has 1 aliphatic heterocycles. The van der Waals surface area contributed by atoms with Crippen LogP contribution in [0.3, 0.4) is 0 Å². The molecule has 2 aromatic heterocycles. The standard InChI is InChI=1S/C22H19FN4O/c1-26-21(14-5-3-2-4-6-14)16-10-12-27(13-19(16)25-26)22(28)20-15-9-11-24-18(15)8-7-17(20)23/h2-9,11,24H,10,12-13H2,1H3. The summed E-state index contributed by atoms with van der Waals surface area (Å²) in [6.45, 7) is 0.923. The van der Waals surface area contributed by atoms with E-state index in [4.69, 9.17) is 0 Å². The van der Waals surface area contributed by atoms with Gasteiger partial charge in [-0.05, 0) is 24.6 Å². The van der Waals surface area contributed by atoms with Crippen molar-refractivity contribution in [3.63, 3.8) is 0 Å². The van der Waals surface area contributed by atoms with Crippen LogP contribution in [0.1, 0.15) is 21.6 Å². The summed E-state index contributed by atoms with van der Waals surface area (Å²) in [7, 11) is 1.92. The summed E-state index contributed by atoms with van der Waals surface area (Å²) in [4.78, 5) is 17.9. The van der Waals surface area contributed by atoms with Crippen molar-refractivity contribution in [2.75, 3.05) is 6.54 Å². The van der Waals surface area contributed by atoms with Crippen LogP contribution >= 0.6 is 0 Å². The SMILES string of the molecule is Cn1nc2c(c1-c1ccccc1)CCN(C(=O)c1c(F)ccc3[nH]ccc13)C2. The third-order valence-electron chi connectivity index (χ3n) is 5.43. The second-order valence-corrected chi connectivity index (χ2v) is 7.10. The number of amides is 1. The quantitative estimate of drug-likeness (QED) is 0.578. The predicted octanol–water partition coefficient (Wildman–Crippen LogP) is 3.91. The molecule has 5 rings (SSSR count). The van der Waals surface area contributed by atoms with Gasteiger partial charge in [-0.3, -0.25) is 9.48 Å². The Hall–Kier alpha value is -3.41. The first-order valence-corrected chi connectivity index (χ1v) is 9.28. The molecule has 1 N–H and O–H groups in total. The molecule has 1 aliphatic rings. The summed E-state index contributed by atoms with van der Waals surface area (Å²) >= 11 is 0. The summed E-state index contributed by atoms with van der Waals surface area (Å²) in [5.74, 6) is -0.783. The molecule has 0 fully saturated rings. The van der Waals surface area contributed by atoms with Crippen molar-refractivity contribution in [2.24, 2.45) is 7.05 Å². The summed E-state index contributed by atoms with van der Waals surface area (Å²) in [6.07, 6.45) is 2.42. The van der Waals surface area contributed by atoms with E-state index >= 15 is 0 Å². The lowest BCUT2D eigenvalue weighted by molar-refractivity contribution is 0.0730. The van der Waals surface area contributed by atoms with Crippen LogP contribution in [0.15, 0.2) is 54.7 Å². The maximum absolute atomic E-state index is 14.5. The van der Waals surface area contributed by atoms with Gasteiger partial charge in [0, 0.05) is 41.8 Å². The lowest BCUT2D eigenvalue weighted by Gasteiger charge is -2.27. The number of carbonyl (C=O) groups is 1. The van der Waals surface area contributed by atoms with Crippen molar-refractivity contribution in [3.05, 3.63) is 77.4 Å². The molecular formula is C22H19FN4O. The molecule has 3 heterocycles. The Labute approximate surface area is 161 Å². The van der Waals surface area contributed by atoms with Gasteiger partial charge in [0.15, 0.2) is 0 Å². The Morgan fingerprint density at radius 1 is 1.14 bits per heavy atom. The van der Waals surface area contributed by atoms with Crippen LogP contribution < -0.4 is 0 Å². The zero-order valence-corrected chi connectivity index (χ0v) is 15.4. The normalized spacial score (nSPS) is 13.7. The highest BCUT2D eigenvalue weighted by Gasteiger charge is 2.29. The molecule has 0 saturated carbocycles. The van der Waals surface area contributed by atoms with Crippen LogP contribution in [0.2, 0.25) is 0 Å². The predicted molar refractivity (Wildman–Crippen MR) is 105 cm³/mol. The van der Waals surface area contributed by atoms with Gasteiger partial charge in [0.25, 0.3) is 5.91 Å². The largest absolute Gasteiger partial charge is 0.361 e. The van der Waals surface area contributed by atoms with E-state index in [1.807, 2.05) is 29.9 Å². The topological polar surface area (TPSA) is 53.9 Å². The number of hydrogen-bond acceptors (Lipinski definition) is 2. The van der Waals surface area contributed by atoms with E-state index in [0.717, 1.165) is 28.0 Å². The van der Waals surface area contributed by atoms with Crippen LogP contribution in [-0.4, -0.2) is 32.1 Å². The highest BCUT2D eigenvalue weighted by atomic mass is 19.1. The first kappa shape index (κ1) is 16.7. The molecule has 0 atom stereocenters. The summed E-state index contributed by atoms with van der Waals surface area (Å²) in [6, 6.07) is 14.9. The number of aryl methyl sites for hydroxylation is 1. The maximum atomic E-state index is 14.5. The number of aromatic nitrogens is 3. The molecule has 0 bridgehead atoms. The first-order chi connectivity index (χ1) is 13.6. The van der Waals surface area contributed by atoms with Crippen molar-refractivity contribution < 1.29 is 9.18 Å². The molecule has 0 spiro atoms. The van der Waals surface area contributed by atoms with Gasteiger partial charge in [0.1, 0.15) is 5.82 Å². The van der Waals surface area contributed by atoms with Crippen molar-refractivity contribution in [1.82, 2.24) is 19.7 Å². The lowest BCUT2D eigenvalue weighted by atomic mass is 9.99. The number of fused-ring (bicyclic) bond motifs is 2. The van der Waals surface area contributed by atoms with E-state index in [0.29, 0.717) is 24.9 Å². The molecule has 5 nitrogen and oxygen atoms in total. The van der Waals surface area contributed by atoms with E-state index in [1.165, 1.54) is 6.07 Å². The number of H-pyrrole nitrogens is 1. The van der Waals surface area contributed by atoms with Crippen LogP contribution in [0, 0.1) is 5.82 Å². The van der Waals surface area contributed by atoms with Gasteiger partial charge in [0.05, 0.1) is 23.5 Å². The Balaban J connectivity index is 1.51. The molecule has 2 aromatic carbocycles. The van der Waals surface area contributed by atoms with E-state index in [-0.39, 0.29) is 11.5 Å². The third kappa shape index (κ3) is 2.52. The highest BCUT2D eigenvalue weighted by Crippen LogP contribution is 2.31. The fourth-order valence-corrected chi connectivity index (χ4v) is 4.13. The molecule has 0 saturated heterocycles. The van der Waals surface area contributed by atoms with Gasteiger partial charge in [-0.1, -0.05) is 30.3 Å². The smallest absolute Gasteiger partial charge is 0.257 e. The Bertz CT molecular complexity index is 1190. The Kier molecular flexibility index (Phi) is 3.79. The van der Waals surface area contributed by atoms with Gasteiger partial charge in [0.2, 0.25) is 0 Å². The van der Waals surface area contributed by atoms with Crippen molar-refractivity contribution in [1.29, 1.82) is 0 Å². The number of nitrogens with zero attached hydrogens (tertiary/aromatic N) is 3. The second kappa shape index (κ2) is 6.34. The Morgan fingerprint density at radius 2 is 1.96 bits per heavy atom. The number of carbonyl (C=O) groups excluding carboxylic acids is 1. The zero-order chi connectivity index (χ0) is 19.3. The number of hydrogen-bond donors (Lipinski definition) is 1. The van der Waals surface area contributed by atoms with E-state index in [1.54, 1.807) is 23.2 Å². The molecule has 28 heavy (non-hydrogen) atoms. The monoisotopic (exact) mass is 374 g/mol. The fraction of sp³-hybridized carbons (Fsp3) is 0.182. The van der Waals surface area contributed by atoms with Gasteiger partial charge in [-0.25, -0.2) is 4.39 Å². The summed E-state index contributed by atoms with van der Waals surface area (Å²) in [5, 5.41) is 5.26. The van der Waals surface area contributed by atoms with Crippen LogP contribution in [0.4, 0.5) is 4.39 Å². The van der Waals surface area contributed by atoms with Crippen LogP contribution in [0.25, 0.3) is 22.2 Å². The minimum Gasteiger partial charge on any atom is -0.361 e. The summed E-state index contributed by atoms with van der Waals surface area (Å²) in [5.41, 5.74) is 5.12. The highest BCUT2D eigenvalue weighted by molar-refractivity contribution is 6.06. The maximum Gasteiger partial charge on any atom is 0.257 e. The molecule has 4 aromatic rings. The van der Waals surface area contributed by atoms with Crippen molar-refractivity contribution in [2.45, 2.75) is 13.0 Å². The molecule has 0 aliphatic carbocycles. The molecule has 0 radical (unpaired) electrons. The van der Waals surface area contributed by atoms with Crippen LogP contribution in [-0.2, 0) is 20.0 Å². The van der Waals surface area contributed by atoms with Gasteiger partial charge >= 0.3 is 0 Å². The molecule has 140 valence electrons. The number of benzene rings is 2. The van der Waals surface area contributed by atoms with Gasteiger partial charge < -0.3 is 9.88 Å². The average Bonchev–Trinajstić information content (AvgIpc) is 3.30. The second-order valence-electron chi connectivity index (χ2n) is 7.10. The number of nitrogens with one attached hydrogen (secondary N) is 1. The zero-order valence-electron chi connectivity index (χ0n) is 15.4. The summed E-state index contributed by atoms with van der Waals surface area (Å²) < 4.78 is 16.4. The number of rotatable bonds is 2. The first-order valence-electron chi connectivity index (χ1n) is 9.28. The minimum absolute atomic E-state index is 0.126. The van der Waals surface area contributed by atoms with Gasteiger partial charge in [-0.2, -0.15) is 5.10 Å². The lowest BCUT2D eigenvalue weighted by Crippen LogP contribution is -2.36. The van der Waals surface area contributed by atoms with E-state index in [9.17, 15) is 9.18 Å². The minimum atomic E-state index is -0.492. The Morgan fingerprint density at radius 3 is 2.79 bits per heavy atom. The molecular weight excluding hydrogens is 355 g/mol. The fourth-order valence-electron chi connectivity index (χ4n) is 4.13. The number of aromatic amines is 1. The molecule has 6 heteroatoms. The molecule has 1 amide bonds. The van der Waals surface area contributed by atoms with Gasteiger partial charge in [-0.15, -0.1) is 0 Å². The number of halogens is 1. The average molecular weight is 374 g/mol.